The zero-order valence-electron chi connectivity index (χ0n) is 17.4. The quantitative estimate of drug-likeness (QED) is 0.440. The van der Waals surface area contributed by atoms with Gasteiger partial charge in [-0.1, -0.05) is 54.1 Å². The second kappa shape index (κ2) is 10.7. The van der Waals surface area contributed by atoms with E-state index in [2.05, 4.69) is 9.46 Å². The van der Waals surface area contributed by atoms with E-state index in [9.17, 15) is 17.6 Å². The van der Waals surface area contributed by atoms with Crippen molar-refractivity contribution in [3.05, 3.63) is 100 Å². The first-order valence-electron chi connectivity index (χ1n) is 9.98. The van der Waals surface area contributed by atoms with E-state index in [1.165, 1.54) is 37.4 Å². The third-order valence-electron chi connectivity index (χ3n) is 5.00. The fraction of sp³-hybridized carbons (Fsp3) is 0.208. The van der Waals surface area contributed by atoms with Gasteiger partial charge in [-0.25, -0.2) is 12.8 Å². The topological polar surface area (TPSA) is 72.5 Å². The molecule has 0 fully saturated rings. The molecule has 0 saturated carbocycles. The highest BCUT2D eigenvalue weighted by Gasteiger charge is 2.25. The molecule has 0 heterocycles. The summed E-state index contributed by atoms with van der Waals surface area (Å²) in [6.07, 6.45) is 1.61. The summed E-state index contributed by atoms with van der Waals surface area (Å²) in [5.74, 6) is -0.781. The number of carbonyl (C=O) groups excluding carboxylic acids is 1. The van der Waals surface area contributed by atoms with Crippen LogP contribution in [0.3, 0.4) is 0 Å². The number of aryl methyl sites for hydroxylation is 1. The third-order valence-corrected chi connectivity index (χ3v) is 6.69. The second-order valence-electron chi connectivity index (χ2n) is 7.20. The van der Waals surface area contributed by atoms with Crippen molar-refractivity contribution in [2.75, 3.05) is 7.11 Å². The summed E-state index contributed by atoms with van der Waals surface area (Å²) >= 11 is 5.87. The molecule has 168 valence electrons. The van der Waals surface area contributed by atoms with Crippen LogP contribution in [-0.4, -0.2) is 21.5 Å². The van der Waals surface area contributed by atoms with E-state index < -0.39 is 21.9 Å². The molecule has 0 bridgehead atoms. The number of carbonyl (C=O) groups is 1. The average molecular weight is 476 g/mol. The Kier molecular flexibility index (Phi) is 8.01. The Morgan fingerprint density at radius 3 is 2.31 bits per heavy atom. The van der Waals surface area contributed by atoms with Gasteiger partial charge in [0.1, 0.15) is 5.82 Å². The van der Waals surface area contributed by atoms with Gasteiger partial charge < -0.3 is 4.74 Å². The molecule has 0 aliphatic carbocycles. The fourth-order valence-corrected chi connectivity index (χ4v) is 4.60. The van der Waals surface area contributed by atoms with E-state index in [-0.39, 0.29) is 16.4 Å². The Hall–Kier alpha value is -2.74. The molecule has 8 heteroatoms. The minimum absolute atomic E-state index is 0.0302. The van der Waals surface area contributed by atoms with E-state index in [0.29, 0.717) is 29.8 Å². The second-order valence-corrected chi connectivity index (χ2v) is 9.35. The van der Waals surface area contributed by atoms with Gasteiger partial charge in [-0.2, -0.15) is 4.72 Å². The maximum absolute atomic E-state index is 14.6. The van der Waals surface area contributed by atoms with E-state index in [0.717, 1.165) is 5.56 Å². The summed E-state index contributed by atoms with van der Waals surface area (Å²) in [6, 6.07) is 18.1. The highest BCUT2D eigenvalue weighted by atomic mass is 35.5. The first-order chi connectivity index (χ1) is 15.3. The normalized spacial score (nSPS) is 12.3. The minimum Gasteiger partial charge on any atom is -0.469 e. The molecule has 1 N–H and O–H groups in total. The van der Waals surface area contributed by atoms with E-state index in [4.69, 9.17) is 11.6 Å². The predicted octanol–water partition coefficient (Wildman–Crippen LogP) is 5.04. The standard InChI is InChI=1S/C24H23ClFNO4S/c1-31-23(28)8-4-5-17-9-11-18(12-10-17)24(21-6-2-3-7-22(21)26)27-32(29,30)20-15-13-19(25)14-16-20/h2-3,6-7,9-16,24,27H,4-5,8H2,1H3. The fourth-order valence-electron chi connectivity index (χ4n) is 3.27. The largest absolute Gasteiger partial charge is 0.469 e. The van der Waals surface area contributed by atoms with Crippen LogP contribution < -0.4 is 4.72 Å². The van der Waals surface area contributed by atoms with Gasteiger partial charge in [-0.15, -0.1) is 0 Å². The van der Waals surface area contributed by atoms with Gasteiger partial charge in [0.05, 0.1) is 18.0 Å². The molecule has 0 amide bonds. The van der Waals surface area contributed by atoms with Gasteiger partial charge in [-0.3, -0.25) is 4.79 Å². The number of ether oxygens (including phenoxy) is 1. The maximum atomic E-state index is 14.6. The van der Waals surface area contributed by atoms with Crippen LogP contribution >= 0.6 is 11.6 Å². The summed E-state index contributed by atoms with van der Waals surface area (Å²) in [4.78, 5) is 11.3. The average Bonchev–Trinajstić information content (AvgIpc) is 2.79. The molecule has 0 saturated heterocycles. The van der Waals surface area contributed by atoms with Crippen molar-refractivity contribution < 1.29 is 22.3 Å². The van der Waals surface area contributed by atoms with E-state index in [1.807, 2.05) is 12.1 Å². The molecule has 5 nitrogen and oxygen atoms in total. The van der Waals surface area contributed by atoms with Gasteiger partial charge in [0.15, 0.2) is 0 Å². The SMILES string of the molecule is COC(=O)CCCc1ccc(C(NS(=O)(=O)c2ccc(Cl)cc2)c2ccccc2F)cc1. The van der Waals surface area contributed by atoms with Crippen molar-refractivity contribution in [2.45, 2.75) is 30.2 Å². The first kappa shape index (κ1) is 23.9. The lowest BCUT2D eigenvalue weighted by Gasteiger charge is -2.21. The van der Waals surface area contributed by atoms with E-state index in [1.54, 1.807) is 30.3 Å². The molecule has 0 spiro atoms. The Bertz CT molecular complexity index is 1170. The molecular formula is C24H23ClFNO4S. The monoisotopic (exact) mass is 475 g/mol. The van der Waals surface area contributed by atoms with Crippen LogP contribution in [0.1, 0.15) is 35.6 Å². The van der Waals surface area contributed by atoms with Crippen LogP contribution in [0.2, 0.25) is 5.02 Å². The molecule has 1 atom stereocenters. The van der Waals surface area contributed by atoms with Gasteiger partial charge in [0, 0.05) is 17.0 Å². The first-order valence-corrected chi connectivity index (χ1v) is 11.8. The van der Waals surface area contributed by atoms with Crippen LogP contribution in [0.25, 0.3) is 0 Å². The molecule has 0 aromatic heterocycles. The van der Waals surface area contributed by atoms with Crippen LogP contribution in [0.15, 0.2) is 77.7 Å². The van der Waals surface area contributed by atoms with Gasteiger partial charge in [0.2, 0.25) is 10.0 Å². The molecule has 0 radical (unpaired) electrons. The van der Waals surface area contributed by atoms with Crippen molar-refractivity contribution >= 4 is 27.6 Å². The maximum Gasteiger partial charge on any atom is 0.305 e. The summed E-state index contributed by atoms with van der Waals surface area (Å²) < 4.78 is 47.9. The molecule has 3 rings (SSSR count). The predicted molar refractivity (Wildman–Crippen MR) is 121 cm³/mol. The van der Waals surface area contributed by atoms with Crippen LogP contribution in [0.4, 0.5) is 4.39 Å². The zero-order valence-corrected chi connectivity index (χ0v) is 19.0. The molecule has 32 heavy (non-hydrogen) atoms. The Balaban J connectivity index is 1.88. The third kappa shape index (κ3) is 6.16. The highest BCUT2D eigenvalue weighted by Crippen LogP contribution is 2.27. The molecule has 0 aliphatic heterocycles. The lowest BCUT2D eigenvalue weighted by molar-refractivity contribution is -0.140. The van der Waals surface area contributed by atoms with Crippen LogP contribution in [-0.2, 0) is 26.0 Å². The number of sulfonamides is 1. The zero-order chi connectivity index (χ0) is 23.1. The Morgan fingerprint density at radius 2 is 1.69 bits per heavy atom. The van der Waals surface area contributed by atoms with Crippen LogP contribution in [0, 0.1) is 5.82 Å². The molecule has 3 aromatic rings. The summed E-state index contributed by atoms with van der Waals surface area (Å²) in [5.41, 5.74) is 1.78. The Morgan fingerprint density at radius 1 is 1.03 bits per heavy atom. The lowest BCUT2D eigenvalue weighted by Crippen LogP contribution is -2.30. The summed E-state index contributed by atoms with van der Waals surface area (Å²) in [5, 5.41) is 0.414. The number of esters is 1. The number of hydrogen-bond donors (Lipinski definition) is 1. The number of benzene rings is 3. The smallest absolute Gasteiger partial charge is 0.305 e. The number of methoxy groups -OCH3 is 1. The number of hydrogen-bond acceptors (Lipinski definition) is 4. The Labute approximate surface area is 192 Å². The van der Waals surface area contributed by atoms with Crippen molar-refractivity contribution in [3.63, 3.8) is 0 Å². The van der Waals surface area contributed by atoms with Crippen LogP contribution in [0.5, 0.6) is 0 Å². The summed E-state index contributed by atoms with van der Waals surface area (Å²) in [6.45, 7) is 0. The molecular weight excluding hydrogens is 453 g/mol. The molecule has 3 aromatic carbocycles. The summed E-state index contributed by atoms with van der Waals surface area (Å²) in [7, 11) is -2.60. The van der Waals surface area contributed by atoms with Crippen molar-refractivity contribution in [2.24, 2.45) is 0 Å². The van der Waals surface area contributed by atoms with Crippen molar-refractivity contribution in [3.8, 4) is 0 Å². The minimum atomic E-state index is -3.95. The van der Waals surface area contributed by atoms with Gasteiger partial charge >= 0.3 is 5.97 Å². The van der Waals surface area contributed by atoms with Crippen molar-refractivity contribution in [1.29, 1.82) is 0 Å². The van der Waals surface area contributed by atoms with Crippen molar-refractivity contribution in [1.82, 2.24) is 4.72 Å². The number of rotatable bonds is 9. The van der Waals surface area contributed by atoms with E-state index >= 15 is 0 Å². The van der Waals surface area contributed by atoms with Gasteiger partial charge in [-0.05, 0) is 54.3 Å². The number of halogens is 2. The number of nitrogens with one attached hydrogen (secondary N) is 1. The van der Waals surface area contributed by atoms with Gasteiger partial charge in [0.25, 0.3) is 0 Å². The highest BCUT2D eigenvalue weighted by molar-refractivity contribution is 7.89. The molecule has 0 aliphatic rings. The molecule has 1 unspecified atom stereocenters. The lowest BCUT2D eigenvalue weighted by atomic mass is 9.97.